The van der Waals surface area contributed by atoms with Crippen LogP contribution in [0.25, 0.3) is 0 Å². The number of hydrogen-bond donors (Lipinski definition) is 3. The molecule has 0 saturated carbocycles. The van der Waals surface area contributed by atoms with Crippen LogP contribution in [0.3, 0.4) is 0 Å². The maximum atomic E-state index is 11.8. The van der Waals surface area contributed by atoms with Crippen LogP contribution in [0, 0.1) is 0 Å². The average molecular weight is 373 g/mol. The number of benzene rings is 1. The number of nitrogens with one attached hydrogen (secondary N) is 1. The van der Waals surface area contributed by atoms with Crippen molar-refractivity contribution in [3.63, 3.8) is 0 Å². The van der Waals surface area contributed by atoms with Gasteiger partial charge in [0.2, 0.25) is 0 Å². The van der Waals surface area contributed by atoms with E-state index in [2.05, 4.69) is 10.3 Å². The summed E-state index contributed by atoms with van der Waals surface area (Å²) in [5, 5.41) is 11.7. The molecule has 0 fully saturated rings. The lowest BCUT2D eigenvalue weighted by molar-refractivity contribution is -0.139. The van der Waals surface area contributed by atoms with E-state index >= 15 is 0 Å². The molecule has 1 aliphatic heterocycles. The van der Waals surface area contributed by atoms with Crippen molar-refractivity contribution in [2.75, 3.05) is 0 Å². The number of carboxylic acid groups (broad SMARTS) is 1. The zero-order chi connectivity index (χ0) is 19.5. The van der Waals surface area contributed by atoms with E-state index < -0.39 is 18.1 Å². The Morgan fingerprint density at radius 3 is 2.81 bits per heavy atom. The average Bonchev–Trinajstić information content (AvgIpc) is 2.87. The third-order valence-corrected chi connectivity index (χ3v) is 4.32. The van der Waals surface area contributed by atoms with Crippen LogP contribution in [-0.2, 0) is 16.1 Å². The number of amides is 1. The molecule has 0 aromatic heterocycles. The number of amidine groups is 1. The van der Waals surface area contributed by atoms with Crippen molar-refractivity contribution in [2.24, 2.45) is 10.7 Å². The van der Waals surface area contributed by atoms with Crippen LogP contribution in [0.1, 0.15) is 44.1 Å². The third-order valence-electron chi connectivity index (χ3n) is 4.32. The van der Waals surface area contributed by atoms with Gasteiger partial charge in [-0.05, 0) is 31.2 Å². The smallest absolute Gasteiger partial charge is 0.408 e. The van der Waals surface area contributed by atoms with E-state index in [1.54, 1.807) is 6.08 Å². The number of carbonyl (C=O) groups excluding carboxylic acids is 1. The van der Waals surface area contributed by atoms with Crippen molar-refractivity contribution in [3.05, 3.63) is 48.0 Å². The second-order valence-corrected chi connectivity index (χ2v) is 6.56. The van der Waals surface area contributed by atoms with Crippen LogP contribution < -0.4 is 11.1 Å². The van der Waals surface area contributed by atoms with Crippen LogP contribution in [0.4, 0.5) is 4.79 Å². The molecule has 4 N–H and O–H groups in total. The van der Waals surface area contributed by atoms with Gasteiger partial charge in [-0.15, -0.1) is 0 Å². The van der Waals surface area contributed by atoms with Gasteiger partial charge >= 0.3 is 12.1 Å². The molecular weight excluding hydrogens is 346 g/mol. The molecule has 7 nitrogen and oxygen atoms in total. The molecule has 1 aromatic rings. The first-order valence-electron chi connectivity index (χ1n) is 9.21. The fraction of sp³-hybridized carbons (Fsp3) is 0.450. The topological polar surface area (TPSA) is 114 Å². The second kappa shape index (κ2) is 11.0. The number of nitrogens with zero attached hydrogens (tertiary/aromatic N) is 1. The van der Waals surface area contributed by atoms with E-state index in [0.29, 0.717) is 12.3 Å². The van der Waals surface area contributed by atoms with Gasteiger partial charge < -0.3 is 20.9 Å². The molecule has 0 aliphatic carbocycles. The monoisotopic (exact) mass is 373 g/mol. The molecule has 27 heavy (non-hydrogen) atoms. The molecule has 1 amide bonds. The summed E-state index contributed by atoms with van der Waals surface area (Å²) >= 11 is 0. The SMILES string of the molecule is NC1=N[C@@H](C/C=C\C[C@H](NC(=O)OCc2ccccc2)C(=O)O)CCCC1. The van der Waals surface area contributed by atoms with E-state index in [1.165, 1.54) is 0 Å². The lowest BCUT2D eigenvalue weighted by atomic mass is 10.1. The minimum absolute atomic E-state index is 0.0932. The number of rotatable bonds is 8. The maximum absolute atomic E-state index is 11.8. The van der Waals surface area contributed by atoms with Gasteiger partial charge in [-0.25, -0.2) is 9.59 Å². The van der Waals surface area contributed by atoms with E-state index in [4.69, 9.17) is 10.5 Å². The molecule has 0 unspecified atom stereocenters. The Hall–Kier alpha value is -2.83. The first-order chi connectivity index (χ1) is 13.0. The van der Waals surface area contributed by atoms with E-state index in [0.717, 1.165) is 31.2 Å². The highest BCUT2D eigenvalue weighted by Crippen LogP contribution is 2.15. The molecule has 2 atom stereocenters. The molecular formula is C20H27N3O4. The Labute approximate surface area is 159 Å². The van der Waals surface area contributed by atoms with E-state index in [1.807, 2.05) is 36.4 Å². The number of hydrogen-bond acceptors (Lipinski definition) is 5. The van der Waals surface area contributed by atoms with Crippen molar-refractivity contribution in [1.29, 1.82) is 0 Å². The largest absolute Gasteiger partial charge is 0.480 e. The first-order valence-corrected chi connectivity index (χ1v) is 9.21. The molecule has 1 heterocycles. The molecule has 1 aromatic carbocycles. The van der Waals surface area contributed by atoms with Crippen molar-refractivity contribution >= 4 is 17.9 Å². The number of carbonyl (C=O) groups is 2. The predicted molar refractivity (Wildman–Crippen MR) is 103 cm³/mol. The Kier molecular flexibility index (Phi) is 8.35. The summed E-state index contributed by atoms with van der Waals surface area (Å²) < 4.78 is 5.07. The van der Waals surface area contributed by atoms with Gasteiger partial charge in [0.15, 0.2) is 0 Å². The summed E-state index contributed by atoms with van der Waals surface area (Å²) in [4.78, 5) is 27.7. The highest BCUT2D eigenvalue weighted by Gasteiger charge is 2.19. The molecule has 0 spiro atoms. The van der Waals surface area contributed by atoms with Crippen molar-refractivity contribution in [3.8, 4) is 0 Å². The summed E-state index contributed by atoms with van der Waals surface area (Å²) in [5.41, 5.74) is 6.67. The molecule has 1 aliphatic rings. The van der Waals surface area contributed by atoms with Crippen LogP contribution in [0.15, 0.2) is 47.5 Å². The quantitative estimate of drug-likeness (QED) is 0.606. The highest BCUT2D eigenvalue weighted by molar-refractivity contribution is 5.80. The van der Waals surface area contributed by atoms with E-state index in [-0.39, 0.29) is 19.1 Å². The molecule has 2 rings (SSSR count). The Bertz CT molecular complexity index is 673. The highest BCUT2D eigenvalue weighted by atomic mass is 16.5. The van der Waals surface area contributed by atoms with Gasteiger partial charge in [0, 0.05) is 6.42 Å². The fourth-order valence-electron chi connectivity index (χ4n) is 2.83. The van der Waals surface area contributed by atoms with Crippen LogP contribution in [0.2, 0.25) is 0 Å². The second-order valence-electron chi connectivity index (χ2n) is 6.56. The number of ether oxygens (including phenoxy) is 1. The maximum Gasteiger partial charge on any atom is 0.408 e. The van der Waals surface area contributed by atoms with Gasteiger partial charge in [0.1, 0.15) is 12.6 Å². The molecule has 0 saturated heterocycles. The standard InChI is InChI=1S/C20H27N3O4/c21-18-13-7-5-11-16(22-18)10-4-6-12-17(19(24)25)23-20(26)27-14-15-8-2-1-3-9-15/h1-4,6,8-9,16-17H,5,7,10-14H2,(H2,21,22)(H,23,26)(H,24,25)/b6-4-/t16-,17-/m0/s1. The summed E-state index contributed by atoms with van der Waals surface area (Å²) in [7, 11) is 0. The normalized spacial score (nSPS) is 18.4. The third kappa shape index (κ3) is 7.94. The van der Waals surface area contributed by atoms with Crippen LogP contribution in [0.5, 0.6) is 0 Å². The molecule has 0 radical (unpaired) electrons. The summed E-state index contributed by atoms with van der Waals surface area (Å²) in [5.74, 6) is -0.412. The molecule has 0 bridgehead atoms. The van der Waals surface area contributed by atoms with Gasteiger partial charge in [0.25, 0.3) is 0 Å². The number of carboxylic acids is 1. The summed E-state index contributed by atoms with van der Waals surface area (Å²) in [6, 6.07) is 8.32. The lowest BCUT2D eigenvalue weighted by Crippen LogP contribution is -2.40. The van der Waals surface area contributed by atoms with Gasteiger partial charge in [-0.1, -0.05) is 48.9 Å². The van der Waals surface area contributed by atoms with E-state index in [9.17, 15) is 14.7 Å². The zero-order valence-electron chi connectivity index (χ0n) is 15.3. The van der Waals surface area contributed by atoms with Crippen molar-refractivity contribution in [1.82, 2.24) is 5.32 Å². The number of aliphatic carboxylic acids is 1. The lowest BCUT2D eigenvalue weighted by Gasteiger charge is -2.13. The molecule has 146 valence electrons. The zero-order valence-corrected chi connectivity index (χ0v) is 15.3. The minimum Gasteiger partial charge on any atom is -0.480 e. The predicted octanol–water partition coefficient (Wildman–Crippen LogP) is 3.00. The van der Waals surface area contributed by atoms with Crippen LogP contribution >= 0.6 is 0 Å². The first kappa shape index (κ1) is 20.5. The van der Waals surface area contributed by atoms with Gasteiger partial charge in [0.05, 0.1) is 11.9 Å². The summed E-state index contributed by atoms with van der Waals surface area (Å²) in [6.45, 7) is 0.0932. The van der Waals surface area contributed by atoms with Crippen LogP contribution in [-0.4, -0.2) is 35.1 Å². The summed E-state index contributed by atoms with van der Waals surface area (Å²) in [6.07, 6.45) is 7.79. The Morgan fingerprint density at radius 2 is 2.07 bits per heavy atom. The Morgan fingerprint density at radius 1 is 1.30 bits per heavy atom. The van der Waals surface area contributed by atoms with Gasteiger partial charge in [-0.2, -0.15) is 0 Å². The minimum atomic E-state index is -1.10. The fourth-order valence-corrected chi connectivity index (χ4v) is 2.83. The Balaban J connectivity index is 1.76. The van der Waals surface area contributed by atoms with Gasteiger partial charge in [-0.3, -0.25) is 4.99 Å². The van der Waals surface area contributed by atoms with Crippen molar-refractivity contribution < 1.29 is 19.4 Å². The van der Waals surface area contributed by atoms with Crippen molar-refractivity contribution in [2.45, 2.75) is 57.2 Å². The number of nitrogens with two attached hydrogens (primary N) is 1. The number of aliphatic imine (C=N–C) groups is 1. The molecule has 7 heteroatoms. The number of alkyl carbamates (subject to hydrolysis) is 1.